The highest BCUT2D eigenvalue weighted by Gasteiger charge is 2.37. The van der Waals surface area contributed by atoms with Gasteiger partial charge in [0.25, 0.3) is 0 Å². The molecule has 0 N–H and O–H groups in total. The molecule has 0 nitrogen and oxygen atoms in total. The molecule has 0 spiro atoms. The first-order chi connectivity index (χ1) is 21.5. The van der Waals surface area contributed by atoms with Crippen LogP contribution in [0.15, 0.2) is 115 Å². The highest BCUT2D eigenvalue weighted by atomic mass is 19.4. The van der Waals surface area contributed by atoms with Crippen molar-refractivity contribution in [2.75, 3.05) is 0 Å². The summed E-state index contributed by atoms with van der Waals surface area (Å²) in [7, 11) is 0. The Hall–Kier alpha value is -5.17. The predicted octanol–water partition coefficient (Wildman–Crippen LogP) is 12.4. The highest BCUT2D eigenvalue weighted by molar-refractivity contribution is 6.29. The average molecular weight is 609 g/mol. The van der Waals surface area contributed by atoms with Gasteiger partial charge in [-0.3, -0.25) is 0 Å². The quantitative estimate of drug-likeness (QED) is 0.104. The van der Waals surface area contributed by atoms with Crippen LogP contribution >= 0.6 is 0 Å². The molecule has 0 radical (unpaired) electrons. The van der Waals surface area contributed by atoms with E-state index < -0.39 is 23.5 Å². The van der Waals surface area contributed by atoms with Crippen LogP contribution in [0.2, 0.25) is 0 Å². The maximum absolute atomic E-state index is 15.7. The summed E-state index contributed by atoms with van der Waals surface area (Å²) in [6, 6.07) is 30.9. The first-order valence-electron chi connectivity index (χ1n) is 14.1. The zero-order valence-corrected chi connectivity index (χ0v) is 23.1. The average Bonchev–Trinajstić information content (AvgIpc) is 3.03. The number of hydrogen-bond donors (Lipinski definition) is 0. The molecule has 0 aromatic heterocycles. The molecule has 0 bridgehead atoms. The summed E-state index contributed by atoms with van der Waals surface area (Å²) < 4.78 is 98.2. The lowest BCUT2D eigenvalue weighted by Gasteiger charge is -2.19. The molecule has 0 aliphatic carbocycles. The van der Waals surface area contributed by atoms with Crippen LogP contribution < -0.4 is 0 Å². The summed E-state index contributed by atoms with van der Waals surface area (Å²) in [6.45, 7) is 0. The highest BCUT2D eigenvalue weighted by Crippen LogP contribution is 2.47. The number of rotatable bonds is 2. The number of hydrogen-bond acceptors (Lipinski definition) is 0. The summed E-state index contributed by atoms with van der Waals surface area (Å²) in [6.07, 6.45) is -9.93. The van der Waals surface area contributed by atoms with Gasteiger partial charge in [0.05, 0.1) is 11.1 Å². The van der Waals surface area contributed by atoms with Crippen molar-refractivity contribution in [3.8, 4) is 22.3 Å². The number of fused-ring (bicyclic) bond motifs is 2. The van der Waals surface area contributed by atoms with E-state index in [1.807, 2.05) is 54.6 Å². The Labute approximate surface area is 251 Å². The van der Waals surface area contributed by atoms with Gasteiger partial charge < -0.3 is 0 Å². The van der Waals surface area contributed by atoms with Crippen LogP contribution in [0.25, 0.3) is 76.1 Å². The standard InChI is InChI=1S/C38H19F7/c39-36-31-7-3-1-5-26(31)35(27-6-2-4-8-32(27)36)30-16-12-21-10-14-28-25(13-9-20-11-15-29(30)34(21)33(20)28)22-17-23(37(40,41)42)19-24(18-22)38(43,44)45/h1-19H. The predicted molar refractivity (Wildman–Crippen MR) is 166 cm³/mol. The van der Waals surface area contributed by atoms with E-state index >= 15 is 4.39 Å². The fourth-order valence-corrected chi connectivity index (χ4v) is 6.75. The molecule has 0 unspecified atom stereocenters. The SMILES string of the molecule is Fc1c2ccccc2c(-c2ccc3ccc4c(-c5cc(C(F)(F)F)cc(C(F)(F)F)c5)ccc5ccc2c3c54)c2ccccc12. The maximum Gasteiger partial charge on any atom is 0.416 e. The molecule has 8 aromatic rings. The fourth-order valence-electron chi connectivity index (χ4n) is 6.75. The molecule has 0 aliphatic heterocycles. The zero-order valence-electron chi connectivity index (χ0n) is 23.1. The Bertz CT molecular complexity index is 2380. The van der Waals surface area contributed by atoms with Gasteiger partial charge in [0.2, 0.25) is 0 Å². The van der Waals surface area contributed by atoms with Crippen LogP contribution in [0.4, 0.5) is 30.7 Å². The summed E-state index contributed by atoms with van der Waals surface area (Å²) in [5, 5.41) is 6.99. The van der Waals surface area contributed by atoms with E-state index in [9.17, 15) is 26.3 Å². The Morgan fingerprint density at radius 1 is 0.400 bits per heavy atom. The first kappa shape index (κ1) is 27.4. The Morgan fingerprint density at radius 3 is 1.31 bits per heavy atom. The van der Waals surface area contributed by atoms with E-state index in [-0.39, 0.29) is 23.0 Å². The third-order valence-corrected chi connectivity index (χ3v) is 8.70. The molecule has 0 heterocycles. The van der Waals surface area contributed by atoms with Gasteiger partial charge in [0.1, 0.15) is 5.82 Å². The second-order valence-electron chi connectivity index (χ2n) is 11.2. The first-order valence-corrected chi connectivity index (χ1v) is 14.1. The van der Waals surface area contributed by atoms with Gasteiger partial charge in [-0.15, -0.1) is 0 Å². The molecule has 7 heteroatoms. The smallest absolute Gasteiger partial charge is 0.206 e. The van der Waals surface area contributed by atoms with E-state index in [0.717, 1.165) is 61.0 Å². The minimum Gasteiger partial charge on any atom is -0.206 e. The monoisotopic (exact) mass is 608 g/mol. The lowest BCUT2D eigenvalue weighted by molar-refractivity contribution is -0.143. The van der Waals surface area contributed by atoms with Crippen molar-refractivity contribution in [3.63, 3.8) is 0 Å². The molecule has 0 saturated heterocycles. The molecular weight excluding hydrogens is 589 g/mol. The van der Waals surface area contributed by atoms with E-state index in [1.165, 1.54) is 0 Å². The van der Waals surface area contributed by atoms with E-state index in [1.54, 1.807) is 42.5 Å². The molecule has 0 saturated carbocycles. The van der Waals surface area contributed by atoms with Gasteiger partial charge in [0.15, 0.2) is 0 Å². The minimum atomic E-state index is -4.96. The Kier molecular flexibility index (Phi) is 5.73. The van der Waals surface area contributed by atoms with Gasteiger partial charge in [-0.1, -0.05) is 97.1 Å². The third kappa shape index (κ3) is 4.14. The number of alkyl halides is 6. The second-order valence-corrected chi connectivity index (χ2v) is 11.2. The van der Waals surface area contributed by atoms with Gasteiger partial charge in [0, 0.05) is 10.8 Å². The van der Waals surface area contributed by atoms with Gasteiger partial charge in [-0.25, -0.2) is 4.39 Å². The molecule has 8 rings (SSSR count). The van der Waals surface area contributed by atoms with E-state index in [4.69, 9.17) is 0 Å². The summed E-state index contributed by atoms with van der Waals surface area (Å²) >= 11 is 0. The summed E-state index contributed by atoms with van der Waals surface area (Å²) in [5.41, 5.74) is -0.963. The van der Waals surface area contributed by atoms with Crippen molar-refractivity contribution in [1.29, 1.82) is 0 Å². The molecular formula is C38H19F7. The number of halogens is 7. The van der Waals surface area contributed by atoms with Crippen LogP contribution in [0.3, 0.4) is 0 Å². The molecule has 220 valence electrons. The van der Waals surface area contributed by atoms with Crippen LogP contribution in [0.1, 0.15) is 11.1 Å². The summed E-state index contributed by atoms with van der Waals surface area (Å²) in [4.78, 5) is 0. The van der Waals surface area contributed by atoms with Crippen LogP contribution in [0, 0.1) is 5.82 Å². The number of benzene rings is 8. The topological polar surface area (TPSA) is 0 Å². The van der Waals surface area contributed by atoms with Crippen molar-refractivity contribution < 1.29 is 30.7 Å². The maximum atomic E-state index is 15.7. The van der Waals surface area contributed by atoms with Crippen molar-refractivity contribution in [2.45, 2.75) is 12.4 Å². The van der Waals surface area contributed by atoms with E-state index in [2.05, 4.69) is 0 Å². The lowest BCUT2D eigenvalue weighted by atomic mass is 9.84. The molecule has 8 aromatic carbocycles. The molecule has 0 fully saturated rings. The van der Waals surface area contributed by atoms with Crippen molar-refractivity contribution >= 4 is 53.9 Å². The molecule has 0 atom stereocenters. The normalized spacial score (nSPS) is 12.8. The fraction of sp³-hybridized carbons (Fsp3) is 0.0526. The van der Waals surface area contributed by atoms with Gasteiger partial charge in [-0.05, 0) is 83.5 Å². The third-order valence-electron chi connectivity index (χ3n) is 8.70. The van der Waals surface area contributed by atoms with Crippen molar-refractivity contribution in [3.05, 3.63) is 132 Å². The van der Waals surface area contributed by atoms with Gasteiger partial charge >= 0.3 is 12.4 Å². The summed E-state index contributed by atoms with van der Waals surface area (Å²) in [5.74, 6) is -0.313. The van der Waals surface area contributed by atoms with Crippen molar-refractivity contribution in [2.24, 2.45) is 0 Å². The lowest BCUT2D eigenvalue weighted by Crippen LogP contribution is -2.11. The second kappa shape index (κ2) is 9.41. The minimum absolute atomic E-state index is 0.142. The van der Waals surface area contributed by atoms with Crippen LogP contribution in [0.5, 0.6) is 0 Å². The van der Waals surface area contributed by atoms with Crippen LogP contribution in [-0.4, -0.2) is 0 Å². The van der Waals surface area contributed by atoms with Gasteiger partial charge in [-0.2, -0.15) is 26.3 Å². The molecule has 45 heavy (non-hydrogen) atoms. The zero-order chi connectivity index (χ0) is 31.2. The molecule has 0 amide bonds. The van der Waals surface area contributed by atoms with E-state index in [0.29, 0.717) is 16.2 Å². The van der Waals surface area contributed by atoms with Crippen molar-refractivity contribution in [1.82, 2.24) is 0 Å². The van der Waals surface area contributed by atoms with Crippen LogP contribution in [-0.2, 0) is 12.4 Å². The Balaban J connectivity index is 1.47. The Morgan fingerprint density at radius 2 is 0.822 bits per heavy atom. The molecule has 0 aliphatic rings. The largest absolute Gasteiger partial charge is 0.416 e.